The minimum Gasteiger partial charge on any atom is -0.486 e. The summed E-state index contributed by atoms with van der Waals surface area (Å²) in [5, 5.41) is 0. The van der Waals surface area contributed by atoms with Crippen molar-refractivity contribution in [2.75, 3.05) is 19.7 Å². The number of piperidine rings is 1. The number of rotatable bonds is 4. The lowest BCUT2D eigenvalue weighted by Gasteiger charge is -2.39. The van der Waals surface area contributed by atoms with E-state index in [1.165, 1.54) is 0 Å². The molecule has 2 aliphatic rings. The van der Waals surface area contributed by atoms with E-state index in [9.17, 15) is 0 Å². The Balaban J connectivity index is 1.36. The average molecular weight is 328 g/mol. The second-order valence-corrected chi connectivity index (χ2v) is 6.95. The predicted molar refractivity (Wildman–Crippen MR) is 89.9 cm³/mol. The molecule has 0 aliphatic carbocycles. The van der Waals surface area contributed by atoms with E-state index in [0.29, 0.717) is 6.61 Å². The Kier molecular flexibility index (Phi) is 4.29. The molecule has 2 aliphatic heterocycles. The van der Waals surface area contributed by atoms with Gasteiger partial charge in [-0.05, 0) is 50.6 Å². The van der Waals surface area contributed by atoms with Gasteiger partial charge in [0.15, 0.2) is 0 Å². The van der Waals surface area contributed by atoms with Crippen LogP contribution in [0, 0.1) is 6.92 Å². The van der Waals surface area contributed by atoms with Crippen molar-refractivity contribution < 1.29 is 13.9 Å². The minimum atomic E-state index is -0.0766. The number of furan rings is 1. The normalized spacial score (nSPS) is 27.6. The number of likely N-dealkylation sites (tertiary alicyclic amines) is 1. The first-order chi connectivity index (χ1) is 11.7. The van der Waals surface area contributed by atoms with Gasteiger partial charge in [-0.3, -0.25) is 9.88 Å². The van der Waals surface area contributed by atoms with Crippen LogP contribution in [0.2, 0.25) is 0 Å². The van der Waals surface area contributed by atoms with Crippen molar-refractivity contribution >= 4 is 0 Å². The van der Waals surface area contributed by atoms with E-state index in [4.69, 9.17) is 13.9 Å². The Labute approximate surface area is 142 Å². The molecule has 4 heterocycles. The summed E-state index contributed by atoms with van der Waals surface area (Å²) in [6, 6.07) is 7.94. The van der Waals surface area contributed by atoms with Crippen LogP contribution in [0.15, 0.2) is 41.1 Å². The number of aromatic nitrogens is 1. The summed E-state index contributed by atoms with van der Waals surface area (Å²) in [7, 11) is 0. The quantitative estimate of drug-likeness (QED) is 0.863. The van der Waals surface area contributed by atoms with Gasteiger partial charge in [-0.2, -0.15) is 0 Å². The molecule has 0 N–H and O–H groups in total. The highest BCUT2D eigenvalue weighted by Gasteiger charge is 2.44. The SMILES string of the molecule is Cc1ccc(CN2CCC[C@]3(C[C@@H](Oc4cccnc4)CO3)C2)o1. The predicted octanol–water partition coefficient (Wildman–Crippen LogP) is 3.19. The van der Waals surface area contributed by atoms with Crippen molar-refractivity contribution in [3.05, 3.63) is 48.2 Å². The zero-order valence-corrected chi connectivity index (χ0v) is 14.1. The fourth-order valence-electron chi connectivity index (χ4n) is 3.89. The monoisotopic (exact) mass is 328 g/mol. The van der Waals surface area contributed by atoms with Gasteiger partial charge in [0.25, 0.3) is 0 Å². The molecule has 2 atom stereocenters. The van der Waals surface area contributed by atoms with Crippen molar-refractivity contribution in [1.29, 1.82) is 0 Å². The zero-order chi connectivity index (χ0) is 16.4. The summed E-state index contributed by atoms with van der Waals surface area (Å²) in [6.07, 6.45) is 6.83. The molecule has 128 valence electrons. The first-order valence-electron chi connectivity index (χ1n) is 8.69. The lowest BCUT2D eigenvalue weighted by molar-refractivity contribution is -0.0550. The highest BCUT2D eigenvalue weighted by molar-refractivity contribution is 5.16. The van der Waals surface area contributed by atoms with Crippen LogP contribution in [-0.2, 0) is 11.3 Å². The summed E-state index contributed by atoms with van der Waals surface area (Å²) in [5.41, 5.74) is -0.0766. The Bertz CT molecular complexity index is 672. The number of ether oxygens (including phenoxy) is 2. The Morgan fingerprint density at radius 3 is 3.12 bits per heavy atom. The molecule has 2 aromatic heterocycles. The molecule has 5 heteroatoms. The maximum atomic E-state index is 6.22. The molecule has 0 amide bonds. The first kappa shape index (κ1) is 15.7. The Morgan fingerprint density at radius 2 is 2.33 bits per heavy atom. The van der Waals surface area contributed by atoms with Gasteiger partial charge >= 0.3 is 0 Å². The molecule has 0 aromatic carbocycles. The first-order valence-corrected chi connectivity index (χ1v) is 8.69. The van der Waals surface area contributed by atoms with Crippen molar-refractivity contribution in [2.24, 2.45) is 0 Å². The number of pyridine rings is 1. The molecule has 2 saturated heterocycles. The van der Waals surface area contributed by atoms with Crippen LogP contribution in [-0.4, -0.2) is 41.3 Å². The minimum absolute atomic E-state index is 0.0766. The molecule has 1 spiro atoms. The third kappa shape index (κ3) is 3.47. The third-order valence-electron chi connectivity index (χ3n) is 4.91. The summed E-state index contributed by atoms with van der Waals surface area (Å²) in [6.45, 7) is 5.54. The van der Waals surface area contributed by atoms with Gasteiger partial charge in [0.1, 0.15) is 23.4 Å². The Morgan fingerprint density at radius 1 is 1.38 bits per heavy atom. The van der Waals surface area contributed by atoms with Crippen LogP contribution in [0.3, 0.4) is 0 Å². The molecule has 0 radical (unpaired) electrons. The second-order valence-electron chi connectivity index (χ2n) is 6.95. The number of nitrogens with zero attached hydrogens (tertiary/aromatic N) is 2. The highest BCUT2D eigenvalue weighted by atomic mass is 16.6. The standard InChI is InChI=1S/C19H24N2O3/c1-15-5-6-17(23-15)12-21-9-3-7-19(14-21)10-18(13-22-19)24-16-4-2-8-20-11-16/h2,4-6,8,11,18H,3,7,9-10,12-14H2,1H3/t18-,19+/m1/s1. The average Bonchev–Trinajstić information content (AvgIpc) is 3.15. The highest BCUT2D eigenvalue weighted by Crippen LogP contribution is 2.36. The molecule has 24 heavy (non-hydrogen) atoms. The van der Waals surface area contributed by atoms with E-state index in [-0.39, 0.29) is 11.7 Å². The molecule has 0 saturated carbocycles. The lowest BCUT2D eigenvalue weighted by Crippen LogP contribution is -2.47. The molecule has 2 fully saturated rings. The number of hydrogen-bond acceptors (Lipinski definition) is 5. The maximum Gasteiger partial charge on any atom is 0.138 e. The van der Waals surface area contributed by atoms with Crippen LogP contribution in [0.1, 0.15) is 30.8 Å². The lowest BCUT2D eigenvalue weighted by atomic mass is 9.89. The number of hydrogen-bond donors (Lipinski definition) is 0. The molecule has 0 unspecified atom stereocenters. The molecular weight excluding hydrogens is 304 g/mol. The van der Waals surface area contributed by atoms with Crippen LogP contribution in [0.4, 0.5) is 0 Å². The fourth-order valence-corrected chi connectivity index (χ4v) is 3.89. The molecule has 0 bridgehead atoms. The van der Waals surface area contributed by atoms with Crippen molar-refractivity contribution in [1.82, 2.24) is 9.88 Å². The van der Waals surface area contributed by atoms with Gasteiger partial charge in [-0.15, -0.1) is 0 Å². The van der Waals surface area contributed by atoms with E-state index in [2.05, 4.69) is 16.0 Å². The smallest absolute Gasteiger partial charge is 0.138 e. The van der Waals surface area contributed by atoms with Gasteiger partial charge in [-0.25, -0.2) is 0 Å². The van der Waals surface area contributed by atoms with Crippen molar-refractivity contribution in [2.45, 2.75) is 44.4 Å². The van der Waals surface area contributed by atoms with Crippen molar-refractivity contribution in [3.63, 3.8) is 0 Å². The van der Waals surface area contributed by atoms with Gasteiger partial charge in [0.2, 0.25) is 0 Å². The van der Waals surface area contributed by atoms with Gasteiger partial charge in [0, 0.05) is 19.2 Å². The Hall–Kier alpha value is -1.85. The fraction of sp³-hybridized carbons (Fsp3) is 0.526. The number of aryl methyl sites for hydroxylation is 1. The van der Waals surface area contributed by atoms with Gasteiger partial charge < -0.3 is 13.9 Å². The van der Waals surface area contributed by atoms with Gasteiger partial charge in [-0.1, -0.05) is 0 Å². The third-order valence-corrected chi connectivity index (χ3v) is 4.91. The van der Waals surface area contributed by atoms with Crippen LogP contribution in [0.25, 0.3) is 0 Å². The molecule has 2 aromatic rings. The van der Waals surface area contributed by atoms with E-state index in [1.807, 2.05) is 25.1 Å². The van der Waals surface area contributed by atoms with E-state index < -0.39 is 0 Å². The van der Waals surface area contributed by atoms with Crippen LogP contribution in [0.5, 0.6) is 5.75 Å². The molecule has 4 rings (SSSR count). The second kappa shape index (κ2) is 6.57. The van der Waals surface area contributed by atoms with Gasteiger partial charge in [0.05, 0.1) is 24.9 Å². The maximum absolute atomic E-state index is 6.22. The summed E-state index contributed by atoms with van der Waals surface area (Å²) in [4.78, 5) is 6.55. The molecular formula is C19H24N2O3. The van der Waals surface area contributed by atoms with E-state index in [1.54, 1.807) is 12.4 Å². The largest absolute Gasteiger partial charge is 0.486 e. The summed E-state index contributed by atoms with van der Waals surface area (Å²) < 4.78 is 18.0. The van der Waals surface area contributed by atoms with Crippen molar-refractivity contribution in [3.8, 4) is 5.75 Å². The molecule has 5 nitrogen and oxygen atoms in total. The zero-order valence-electron chi connectivity index (χ0n) is 14.1. The van der Waals surface area contributed by atoms with E-state index in [0.717, 1.165) is 56.2 Å². The van der Waals surface area contributed by atoms with Crippen LogP contribution >= 0.6 is 0 Å². The van der Waals surface area contributed by atoms with Crippen LogP contribution < -0.4 is 4.74 Å². The topological polar surface area (TPSA) is 47.7 Å². The van der Waals surface area contributed by atoms with E-state index >= 15 is 0 Å². The summed E-state index contributed by atoms with van der Waals surface area (Å²) >= 11 is 0. The summed E-state index contributed by atoms with van der Waals surface area (Å²) in [5.74, 6) is 2.83.